The molecule has 0 amide bonds. The summed E-state index contributed by atoms with van der Waals surface area (Å²) < 4.78 is 0.951. The third-order valence-corrected chi connectivity index (χ3v) is 3.35. The number of hydrogen-bond donors (Lipinski definition) is 2. The van der Waals surface area contributed by atoms with Gasteiger partial charge in [-0.1, -0.05) is 47.5 Å². The van der Waals surface area contributed by atoms with E-state index in [1.54, 1.807) is 0 Å². The second-order valence-electron chi connectivity index (χ2n) is 3.75. The highest BCUT2D eigenvalue weighted by molar-refractivity contribution is 9.10. The maximum Gasteiger partial charge on any atom is 0.0841 e. The lowest BCUT2D eigenvalue weighted by Gasteiger charge is -2.22. The van der Waals surface area contributed by atoms with E-state index in [2.05, 4.69) is 22.9 Å². The van der Waals surface area contributed by atoms with Crippen LogP contribution in [0.15, 0.2) is 28.7 Å². The summed E-state index contributed by atoms with van der Waals surface area (Å²) in [5.74, 6) is 0.147. The fraction of sp³-hybridized carbons (Fsp3) is 0.500. The summed E-state index contributed by atoms with van der Waals surface area (Å²) in [5, 5.41) is 10.2. The largest absolute Gasteiger partial charge is 0.388 e. The Morgan fingerprint density at radius 1 is 1.40 bits per heavy atom. The quantitative estimate of drug-likeness (QED) is 0.865. The standard InChI is InChI=1S/C12H18BrNO/c1-2-5-9(8-14)12(15)10-6-3-4-7-11(10)13/h3-4,6-7,9,12,15H,2,5,8,14H2,1H3. The molecule has 0 fully saturated rings. The molecule has 0 radical (unpaired) electrons. The van der Waals surface area contributed by atoms with E-state index in [9.17, 15) is 5.11 Å². The Kier molecular flexibility index (Phi) is 5.29. The van der Waals surface area contributed by atoms with Gasteiger partial charge in [0, 0.05) is 10.4 Å². The van der Waals surface area contributed by atoms with Gasteiger partial charge < -0.3 is 10.8 Å². The molecule has 1 aromatic carbocycles. The molecule has 1 rings (SSSR count). The fourth-order valence-electron chi connectivity index (χ4n) is 1.74. The van der Waals surface area contributed by atoms with Crippen molar-refractivity contribution in [1.29, 1.82) is 0 Å². The van der Waals surface area contributed by atoms with E-state index in [4.69, 9.17) is 5.73 Å². The number of nitrogens with two attached hydrogens (primary N) is 1. The number of rotatable bonds is 5. The zero-order valence-electron chi connectivity index (χ0n) is 8.99. The third-order valence-electron chi connectivity index (χ3n) is 2.63. The summed E-state index contributed by atoms with van der Waals surface area (Å²) in [6, 6.07) is 7.76. The number of benzene rings is 1. The monoisotopic (exact) mass is 271 g/mol. The van der Waals surface area contributed by atoms with Crippen molar-refractivity contribution in [3.63, 3.8) is 0 Å². The fourth-order valence-corrected chi connectivity index (χ4v) is 2.26. The van der Waals surface area contributed by atoms with Gasteiger partial charge in [0.05, 0.1) is 6.10 Å². The summed E-state index contributed by atoms with van der Waals surface area (Å²) in [4.78, 5) is 0. The maximum atomic E-state index is 10.2. The molecule has 2 unspecified atom stereocenters. The molecule has 0 bridgehead atoms. The minimum atomic E-state index is -0.467. The second kappa shape index (κ2) is 6.26. The Bertz CT molecular complexity index is 303. The Morgan fingerprint density at radius 2 is 2.07 bits per heavy atom. The first-order valence-electron chi connectivity index (χ1n) is 5.33. The van der Waals surface area contributed by atoms with Crippen molar-refractivity contribution in [3.8, 4) is 0 Å². The summed E-state index contributed by atoms with van der Waals surface area (Å²) in [6.07, 6.45) is 1.54. The van der Waals surface area contributed by atoms with Crippen molar-refractivity contribution in [3.05, 3.63) is 34.3 Å². The molecule has 15 heavy (non-hydrogen) atoms. The van der Waals surface area contributed by atoms with E-state index in [1.165, 1.54) is 0 Å². The van der Waals surface area contributed by atoms with Crippen LogP contribution in [0, 0.1) is 5.92 Å². The van der Waals surface area contributed by atoms with Crippen molar-refractivity contribution < 1.29 is 5.11 Å². The van der Waals surface area contributed by atoms with E-state index in [-0.39, 0.29) is 5.92 Å². The summed E-state index contributed by atoms with van der Waals surface area (Å²) in [6.45, 7) is 2.63. The van der Waals surface area contributed by atoms with Gasteiger partial charge in [-0.2, -0.15) is 0 Å². The third kappa shape index (κ3) is 3.30. The van der Waals surface area contributed by atoms with Crippen LogP contribution in [-0.4, -0.2) is 11.7 Å². The van der Waals surface area contributed by atoms with Gasteiger partial charge in [0.2, 0.25) is 0 Å². The highest BCUT2D eigenvalue weighted by Crippen LogP contribution is 2.30. The van der Waals surface area contributed by atoms with E-state index >= 15 is 0 Å². The molecular weight excluding hydrogens is 254 g/mol. The average Bonchev–Trinajstić information content (AvgIpc) is 2.25. The van der Waals surface area contributed by atoms with E-state index < -0.39 is 6.10 Å². The number of halogens is 1. The lowest BCUT2D eigenvalue weighted by atomic mass is 9.92. The Morgan fingerprint density at radius 3 is 2.60 bits per heavy atom. The van der Waals surface area contributed by atoms with Crippen molar-refractivity contribution in [2.24, 2.45) is 11.7 Å². The summed E-state index contributed by atoms with van der Waals surface area (Å²) >= 11 is 3.44. The van der Waals surface area contributed by atoms with Crippen LogP contribution in [-0.2, 0) is 0 Å². The molecule has 84 valence electrons. The number of aliphatic hydroxyl groups is 1. The molecule has 3 heteroatoms. The van der Waals surface area contributed by atoms with Crippen LogP contribution < -0.4 is 5.73 Å². The first-order valence-corrected chi connectivity index (χ1v) is 6.12. The second-order valence-corrected chi connectivity index (χ2v) is 4.61. The van der Waals surface area contributed by atoms with Gasteiger partial charge in [-0.3, -0.25) is 0 Å². The smallest absolute Gasteiger partial charge is 0.0841 e. The minimum absolute atomic E-state index is 0.147. The SMILES string of the molecule is CCCC(CN)C(O)c1ccccc1Br. The molecule has 0 aromatic heterocycles. The van der Waals surface area contributed by atoms with Gasteiger partial charge in [0.1, 0.15) is 0 Å². The zero-order chi connectivity index (χ0) is 11.3. The predicted molar refractivity (Wildman–Crippen MR) is 66.6 cm³/mol. The van der Waals surface area contributed by atoms with Crippen LogP contribution in [0.4, 0.5) is 0 Å². The van der Waals surface area contributed by atoms with Gasteiger partial charge in [-0.25, -0.2) is 0 Å². The van der Waals surface area contributed by atoms with E-state index in [0.29, 0.717) is 6.54 Å². The first kappa shape index (κ1) is 12.7. The molecule has 1 aromatic rings. The van der Waals surface area contributed by atoms with Gasteiger partial charge in [0.25, 0.3) is 0 Å². The van der Waals surface area contributed by atoms with E-state index in [1.807, 2.05) is 24.3 Å². The highest BCUT2D eigenvalue weighted by atomic mass is 79.9. The highest BCUT2D eigenvalue weighted by Gasteiger charge is 2.20. The topological polar surface area (TPSA) is 46.2 Å². The molecule has 0 aliphatic carbocycles. The Labute approximate surface area is 99.6 Å². The Hall–Kier alpha value is -0.380. The molecule has 0 aliphatic rings. The van der Waals surface area contributed by atoms with Crippen molar-refractivity contribution in [2.75, 3.05) is 6.54 Å². The Balaban J connectivity index is 2.82. The molecule has 2 atom stereocenters. The zero-order valence-corrected chi connectivity index (χ0v) is 10.6. The maximum absolute atomic E-state index is 10.2. The molecule has 0 aliphatic heterocycles. The minimum Gasteiger partial charge on any atom is -0.388 e. The van der Waals surface area contributed by atoms with Crippen LogP contribution >= 0.6 is 15.9 Å². The van der Waals surface area contributed by atoms with E-state index in [0.717, 1.165) is 22.9 Å². The molecule has 0 spiro atoms. The molecular formula is C12H18BrNO. The van der Waals surface area contributed by atoms with Gasteiger partial charge in [0.15, 0.2) is 0 Å². The normalized spacial score (nSPS) is 14.9. The molecule has 0 heterocycles. The van der Waals surface area contributed by atoms with Crippen molar-refractivity contribution in [2.45, 2.75) is 25.9 Å². The van der Waals surface area contributed by atoms with Crippen LogP contribution in [0.1, 0.15) is 31.4 Å². The van der Waals surface area contributed by atoms with Crippen molar-refractivity contribution >= 4 is 15.9 Å². The molecule has 3 N–H and O–H groups in total. The van der Waals surface area contributed by atoms with Crippen molar-refractivity contribution in [1.82, 2.24) is 0 Å². The first-order chi connectivity index (χ1) is 7.20. The van der Waals surface area contributed by atoms with Crippen LogP contribution in [0.2, 0.25) is 0 Å². The molecule has 0 saturated heterocycles. The van der Waals surface area contributed by atoms with Crippen LogP contribution in [0.25, 0.3) is 0 Å². The lowest BCUT2D eigenvalue weighted by molar-refractivity contribution is 0.106. The summed E-state index contributed by atoms with van der Waals surface area (Å²) in [5.41, 5.74) is 6.60. The number of hydrogen-bond acceptors (Lipinski definition) is 2. The summed E-state index contributed by atoms with van der Waals surface area (Å²) in [7, 11) is 0. The lowest BCUT2D eigenvalue weighted by Crippen LogP contribution is -2.22. The van der Waals surface area contributed by atoms with Crippen LogP contribution in [0.5, 0.6) is 0 Å². The van der Waals surface area contributed by atoms with Gasteiger partial charge in [-0.05, 0) is 24.6 Å². The molecule has 2 nitrogen and oxygen atoms in total. The molecule has 0 saturated carbocycles. The van der Waals surface area contributed by atoms with Gasteiger partial charge >= 0.3 is 0 Å². The van der Waals surface area contributed by atoms with Crippen LogP contribution in [0.3, 0.4) is 0 Å². The predicted octanol–water partition coefficient (Wildman–Crippen LogP) is 2.86. The van der Waals surface area contributed by atoms with Gasteiger partial charge in [-0.15, -0.1) is 0 Å². The average molecular weight is 272 g/mol. The number of aliphatic hydroxyl groups excluding tert-OH is 1.